The molecule has 2 rings (SSSR count). The second-order valence-corrected chi connectivity index (χ2v) is 5.44. The van der Waals surface area contributed by atoms with Gasteiger partial charge >= 0.3 is 0 Å². The Balaban J connectivity index is 2.33. The van der Waals surface area contributed by atoms with Crippen molar-refractivity contribution in [3.8, 4) is 11.5 Å². The molecule has 0 saturated heterocycles. The minimum Gasteiger partial charge on any atom is -0.451 e. The normalized spacial score (nSPS) is 10.9. The van der Waals surface area contributed by atoms with Gasteiger partial charge in [-0.15, -0.1) is 0 Å². The molecule has 2 aromatic rings. The fourth-order valence-electron chi connectivity index (χ4n) is 1.57. The van der Waals surface area contributed by atoms with Gasteiger partial charge in [-0.1, -0.05) is 29.8 Å². The largest absolute Gasteiger partial charge is 0.451 e. The second kappa shape index (κ2) is 6.28. The number of halogens is 2. The lowest BCUT2D eigenvalue weighted by molar-refractivity contribution is 0.269. The molecule has 0 saturated carbocycles. The molecule has 106 valence electrons. The molecule has 1 aromatic heterocycles. The van der Waals surface area contributed by atoms with Crippen molar-refractivity contribution in [2.75, 3.05) is 0 Å². The zero-order valence-corrected chi connectivity index (χ0v) is 12.7. The molecule has 0 aliphatic carbocycles. The number of rotatable bonds is 4. The van der Waals surface area contributed by atoms with Crippen molar-refractivity contribution in [1.29, 1.82) is 0 Å². The summed E-state index contributed by atoms with van der Waals surface area (Å²) in [7, 11) is 0. The van der Waals surface area contributed by atoms with E-state index in [2.05, 4.69) is 25.9 Å². The van der Waals surface area contributed by atoms with Crippen molar-refractivity contribution >= 4 is 15.9 Å². The van der Waals surface area contributed by atoms with E-state index in [1.165, 1.54) is 18.3 Å². The average molecular weight is 341 g/mol. The van der Waals surface area contributed by atoms with E-state index in [9.17, 15) is 9.50 Å². The fourth-order valence-corrected chi connectivity index (χ4v) is 1.91. The minimum absolute atomic E-state index is 0.0591. The highest BCUT2D eigenvalue weighted by atomic mass is 79.9. The molecule has 0 atom stereocenters. The summed E-state index contributed by atoms with van der Waals surface area (Å²) in [6.07, 6.45) is 1.45. The molecule has 0 radical (unpaired) electrons. The van der Waals surface area contributed by atoms with Crippen LogP contribution in [0.5, 0.6) is 11.5 Å². The van der Waals surface area contributed by atoms with E-state index in [0.717, 1.165) is 0 Å². The van der Waals surface area contributed by atoms with Gasteiger partial charge in [-0.2, -0.15) is 0 Å². The Bertz CT molecular complexity index is 620. The van der Waals surface area contributed by atoms with Gasteiger partial charge in [0.1, 0.15) is 11.5 Å². The fraction of sp³-hybridized carbons (Fsp3) is 0.286. The number of hydrogen-bond donors (Lipinski definition) is 1. The molecule has 0 bridgehead atoms. The first-order valence-corrected chi connectivity index (χ1v) is 6.90. The molecule has 20 heavy (non-hydrogen) atoms. The summed E-state index contributed by atoms with van der Waals surface area (Å²) >= 11 is 3.18. The summed E-state index contributed by atoms with van der Waals surface area (Å²) in [4.78, 5) is 8.37. The topological polar surface area (TPSA) is 55.2 Å². The van der Waals surface area contributed by atoms with Crippen molar-refractivity contribution < 1.29 is 14.2 Å². The van der Waals surface area contributed by atoms with Crippen LogP contribution in [0.4, 0.5) is 4.39 Å². The Morgan fingerprint density at radius 3 is 2.70 bits per heavy atom. The van der Waals surface area contributed by atoms with Gasteiger partial charge in [-0.25, -0.2) is 14.4 Å². The van der Waals surface area contributed by atoms with Crippen LogP contribution in [0.3, 0.4) is 0 Å². The van der Waals surface area contributed by atoms with Crippen LogP contribution in [0.15, 0.2) is 28.9 Å². The zero-order chi connectivity index (χ0) is 14.7. The first kappa shape index (κ1) is 14.9. The summed E-state index contributed by atoms with van der Waals surface area (Å²) < 4.78 is 19.8. The highest BCUT2D eigenvalue weighted by Gasteiger charge is 2.13. The van der Waals surface area contributed by atoms with E-state index in [4.69, 9.17) is 4.74 Å². The first-order valence-electron chi connectivity index (χ1n) is 6.11. The monoisotopic (exact) mass is 340 g/mol. The van der Waals surface area contributed by atoms with Gasteiger partial charge in [0.2, 0.25) is 0 Å². The van der Waals surface area contributed by atoms with E-state index >= 15 is 0 Å². The van der Waals surface area contributed by atoms with Gasteiger partial charge in [0.15, 0.2) is 17.3 Å². The molecular formula is C14H14BrFN2O2. The van der Waals surface area contributed by atoms with Crippen LogP contribution in [0, 0.1) is 5.82 Å². The van der Waals surface area contributed by atoms with Crippen molar-refractivity contribution in [2.24, 2.45) is 0 Å². The highest BCUT2D eigenvalue weighted by molar-refractivity contribution is 9.10. The maximum absolute atomic E-state index is 13.7. The van der Waals surface area contributed by atoms with Crippen LogP contribution < -0.4 is 4.74 Å². The predicted molar refractivity (Wildman–Crippen MR) is 76.2 cm³/mol. The number of aliphatic hydroxyl groups excluding tert-OH is 1. The first-order chi connectivity index (χ1) is 9.51. The molecule has 6 heteroatoms. The van der Waals surface area contributed by atoms with Crippen molar-refractivity contribution in [2.45, 2.75) is 26.4 Å². The third kappa shape index (κ3) is 3.32. The minimum atomic E-state index is -0.504. The van der Waals surface area contributed by atoms with Crippen molar-refractivity contribution in [1.82, 2.24) is 9.97 Å². The van der Waals surface area contributed by atoms with Gasteiger partial charge in [0.05, 0.1) is 12.8 Å². The maximum Gasteiger partial charge on any atom is 0.169 e. The number of benzene rings is 1. The Labute approximate surface area is 124 Å². The lowest BCUT2D eigenvalue weighted by Crippen LogP contribution is -2.04. The molecular weight excluding hydrogens is 327 g/mol. The third-order valence-corrected chi connectivity index (χ3v) is 3.12. The number of aromatic nitrogens is 2. The van der Waals surface area contributed by atoms with Gasteiger partial charge in [0.25, 0.3) is 0 Å². The Hall–Kier alpha value is -1.53. The standard InChI is InChI=1S/C14H14BrFN2O2/c1-8(2)14-17-6-13(11(7-19)18-14)20-12-4-3-9(15)5-10(12)16/h3-6,8,19H,7H2,1-2H3. The van der Waals surface area contributed by atoms with Crippen LogP contribution in [-0.4, -0.2) is 15.1 Å². The van der Waals surface area contributed by atoms with Crippen LogP contribution in [0.1, 0.15) is 31.3 Å². The summed E-state index contributed by atoms with van der Waals surface area (Å²) in [5, 5.41) is 9.34. The average Bonchev–Trinajstić information content (AvgIpc) is 2.42. The van der Waals surface area contributed by atoms with E-state index < -0.39 is 5.82 Å². The van der Waals surface area contributed by atoms with Crippen LogP contribution in [0.2, 0.25) is 0 Å². The van der Waals surface area contributed by atoms with E-state index in [-0.39, 0.29) is 24.0 Å². The number of ether oxygens (including phenoxy) is 1. The highest BCUT2D eigenvalue weighted by Crippen LogP contribution is 2.28. The second-order valence-electron chi connectivity index (χ2n) is 4.53. The van der Waals surface area contributed by atoms with Crippen LogP contribution in [0.25, 0.3) is 0 Å². The summed E-state index contributed by atoms with van der Waals surface area (Å²) in [6.45, 7) is 3.60. The van der Waals surface area contributed by atoms with Gasteiger partial charge in [-0.3, -0.25) is 0 Å². The molecule has 0 aliphatic heterocycles. The van der Waals surface area contributed by atoms with Gasteiger partial charge < -0.3 is 9.84 Å². The number of aliphatic hydroxyl groups is 1. The lowest BCUT2D eigenvalue weighted by Gasteiger charge is -2.12. The molecule has 0 spiro atoms. The molecule has 0 unspecified atom stereocenters. The predicted octanol–water partition coefficient (Wildman–Crippen LogP) is 3.79. The Morgan fingerprint density at radius 1 is 1.35 bits per heavy atom. The van der Waals surface area contributed by atoms with Crippen molar-refractivity contribution in [3.05, 3.63) is 46.2 Å². The maximum atomic E-state index is 13.7. The quantitative estimate of drug-likeness (QED) is 0.919. The third-order valence-electron chi connectivity index (χ3n) is 2.63. The van der Waals surface area contributed by atoms with E-state index in [0.29, 0.717) is 16.0 Å². The summed E-state index contributed by atoms with van der Waals surface area (Å²) in [5.74, 6) is 0.551. The molecule has 1 heterocycles. The lowest BCUT2D eigenvalue weighted by atomic mass is 10.2. The molecule has 1 N–H and O–H groups in total. The summed E-state index contributed by atoms with van der Waals surface area (Å²) in [6, 6.07) is 4.47. The molecule has 0 amide bonds. The zero-order valence-electron chi connectivity index (χ0n) is 11.1. The Morgan fingerprint density at radius 2 is 2.10 bits per heavy atom. The van der Waals surface area contributed by atoms with Crippen LogP contribution in [-0.2, 0) is 6.61 Å². The van der Waals surface area contributed by atoms with E-state index in [1.807, 2.05) is 13.8 Å². The van der Waals surface area contributed by atoms with E-state index in [1.54, 1.807) is 6.07 Å². The molecule has 0 aliphatic rings. The number of nitrogens with zero attached hydrogens (tertiary/aromatic N) is 2. The number of hydrogen-bond acceptors (Lipinski definition) is 4. The van der Waals surface area contributed by atoms with Gasteiger partial charge in [0, 0.05) is 10.4 Å². The Kier molecular flexibility index (Phi) is 4.67. The SMILES string of the molecule is CC(C)c1ncc(Oc2ccc(Br)cc2F)c(CO)n1. The molecule has 0 fully saturated rings. The molecule has 1 aromatic carbocycles. The summed E-state index contributed by atoms with van der Waals surface area (Å²) in [5.41, 5.74) is 0.339. The smallest absolute Gasteiger partial charge is 0.169 e. The van der Waals surface area contributed by atoms with Gasteiger partial charge in [-0.05, 0) is 18.2 Å². The van der Waals surface area contributed by atoms with Crippen LogP contribution >= 0.6 is 15.9 Å². The van der Waals surface area contributed by atoms with Crippen molar-refractivity contribution in [3.63, 3.8) is 0 Å². The molecule has 4 nitrogen and oxygen atoms in total.